The first-order valence-electron chi connectivity index (χ1n) is 20.4. The van der Waals surface area contributed by atoms with Crippen LogP contribution in [-0.2, 0) is 37.2 Å². The third kappa shape index (κ3) is 8.52. The summed E-state index contributed by atoms with van der Waals surface area (Å²) < 4.78 is 68.7. The third-order valence-electron chi connectivity index (χ3n) is 11.9. The molecule has 5 atom stereocenters. The van der Waals surface area contributed by atoms with Gasteiger partial charge in [0.1, 0.15) is 29.4 Å². The Hall–Kier alpha value is -5.26. The first-order valence-corrected chi connectivity index (χ1v) is 21.9. The number of halogens is 2. The van der Waals surface area contributed by atoms with E-state index in [0.717, 1.165) is 30.4 Å². The standard InChI is InChI=1S/C42H50F2N8O7S/c1-40(2,3)33-37(54)52-22-25(19-30(52)35(53)48-42(20-27(42)34(43)44)38(55)51-60(56,57)26-15-16-26)58-36-32(45-28-13-6-7-14-29(28)46-36)24-12-8-10-23(18-24)11-9-17-41(4,5)21-31-49-50-39(47-33)59-31/h6-8,10,12-14,18,25-27,30,33-34H,9,11,15-17,19-22H2,1-5H3,(H,47,50)(H,48,53)(H,51,55)/t25-,27+,30+,33-,42-/m1/s1. The summed E-state index contributed by atoms with van der Waals surface area (Å²) in [6.07, 6.45) is -0.846. The van der Waals surface area contributed by atoms with Crippen LogP contribution in [-0.4, -0.2) is 93.2 Å². The Balaban J connectivity index is 1.18. The van der Waals surface area contributed by atoms with Crippen LogP contribution < -0.4 is 20.1 Å². The van der Waals surface area contributed by atoms with Gasteiger partial charge in [-0.05, 0) is 73.1 Å². The molecule has 2 aromatic carbocycles. The average Bonchev–Trinajstić information content (AvgIpc) is 4.08. The molecule has 0 unspecified atom stereocenters. The number of carbonyl (C=O) groups is 3. The topological polar surface area (TPSA) is 199 Å². The number of amides is 3. The van der Waals surface area contributed by atoms with Crippen LogP contribution in [0.2, 0.25) is 0 Å². The summed E-state index contributed by atoms with van der Waals surface area (Å²) in [6.45, 7) is 9.58. The van der Waals surface area contributed by atoms with Gasteiger partial charge in [-0.1, -0.05) is 70.0 Å². The molecule has 2 aliphatic heterocycles. The molecule has 0 radical (unpaired) electrons. The van der Waals surface area contributed by atoms with Crippen molar-refractivity contribution in [2.45, 2.75) is 121 Å². The number of ether oxygens (including phenoxy) is 1. The van der Waals surface area contributed by atoms with Gasteiger partial charge in [0.15, 0.2) is 0 Å². The van der Waals surface area contributed by atoms with Crippen LogP contribution in [0.5, 0.6) is 5.88 Å². The van der Waals surface area contributed by atoms with E-state index in [4.69, 9.17) is 19.1 Å². The quantitative estimate of drug-likeness (QED) is 0.229. The van der Waals surface area contributed by atoms with Crippen molar-refractivity contribution in [1.29, 1.82) is 0 Å². The highest BCUT2D eigenvalue weighted by Crippen LogP contribution is 2.48. The number of aromatic nitrogens is 4. The normalized spacial score (nSPS) is 25.8. The van der Waals surface area contributed by atoms with Crippen molar-refractivity contribution in [1.82, 2.24) is 35.1 Å². The van der Waals surface area contributed by atoms with Crippen LogP contribution in [0.1, 0.15) is 84.6 Å². The number of hydrogen-bond donors (Lipinski definition) is 3. The van der Waals surface area contributed by atoms with Crippen molar-refractivity contribution < 1.29 is 40.7 Å². The van der Waals surface area contributed by atoms with Gasteiger partial charge in [0.05, 0.1) is 28.7 Å². The van der Waals surface area contributed by atoms with Crippen LogP contribution in [0, 0.1) is 16.7 Å². The molecular formula is C42H50F2N8O7S. The second kappa shape index (κ2) is 15.3. The van der Waals surface area contributed by atoms with Gasteiger partial charge >= 0.3 is 6.01 Å². The molecule has 18 heteroatoms. The highest BCUT2D eigenvalue weighted by atomic mass is 32.2. The number of rotatable bonds is 6. The number of anilines is 1. The van der Waals surface area contributed by atoms with E-state index in [0.29, 0.717) is 41.9 Å². The first-order chi connectivity index (χ1) is 28.3. The second-order valence-electron chi connectivity index (χ2n) is 18.5. The Bertz CT molecular complexity index is 2440. The lowest BCUT2D eigenvalue weighted by molar-refractivity contribution is -0.141. The van der Waals surface area contributed by atoms with E-state index in [1.807, 2.05) is 61.9 Å². The lowest BCUT2D eigenvalue weighted by atomic mass is 9.83. The number of nitrogens with one attached hydrogen (secondary N) is 3. The number of nitrogens with zero attached hydrogens (tertiary/aromatic N) is 5. The minimum Gasteiger partial charge on any atom is -0.471 e. The van der Waals surface area contributed by atoms with Crippen LogP contribution in [0.3, 0.4) is 0 Å². The number of para-hydroxylation sites is 2. The smallest absolute Gasteiger partial charge is 0.316 e. The summed E-state index contributed by atoms with van der Waals surface area (Å²) >= 11 is 0. The SMILES string of the molecule is CC1(C)CCCc2cccc(c2)-c2nc3ccccc3nc2O[C@@H]2C[C@@H](C(=O)N[C@]3(C(=O)NS(=O)(=O)C4CC4)C[C@H]3C(F)F)N(C2)C(=O)[C@H](C(C)(C)C)Nc2nnc(o2)C1. The lowest BCUT2D eigenvalue weighted by Crippen LogP contribution is -2.59. The number of aryl methyl sites for hydroxylation is 1. The van der Waals surface area contributed by atoms with Crippen molar-refractivity contribution in [2.24, 2.45) is 16.7 Å². The summed E-state index contributed by atoms with van der Waals surface area (Å²) in [5.74, 6) is -3.79. The molecule has 2 aliphatic carbocycles. The summed E-state index contributed by atoms with van der Waals surface area (Å²) in [6, 6.07) is 12.9. The van der Waals surface area contributed by atoms with Gasteiger partial charge < -0.3 is 24.7 Å². The number of hydrogen-bond acceptors (Lipinski definition) is 12. The van der Waals surface area contributed by atoms with E-state index in [1.165, 1.54) is 4.90 Å². The molecule has 1 saturated heterocycles. The van der Waals surface area contributed by atoms with Crippen LogP contribution in [0.4, 0.5) is 14.8 Å². The van der Waals surface area contributed by atoms with E-state index >= 15 is 0 Å². The molecule has 6 bridgehead atoms. The maximum absolute atomic E-state index is 14.9. The van der Waals surface area contributed by atoms with Crippen molar-refractivity contribution in [3.8, 4) is 17.1 Å². The molecular weight excluding hydrogens is 799 g/mol. The Morgan fingerprint density at radius 2 is 1.77 bits per heavy atom. The van der Waals surface area contributed by atoms with Gasteiger partial charge in [-0.3, -0.25) is 19.1 Å². The van der Waals surface area contributed by atoms with Gasteiger partial charge in [-0.25, -0.2) is 27.2 Å². The molecule has 8 rings (SSSR count). The number of sulfonamides is 1. The van der Waals surface area contributed by atoms with Gasteiger partial charge in [0.2, 0.25) is 40.0 Å². The zero-order valence-electron chi connectivity index (χ0n) is 34.2. The maximum atomic E-state index is 14.9. The summed E-state index contributed by atoms with van der Waals surface area (Å²) in [7, 11) is -4.13. The fourth-order valence-electron chi connectivity index (χ4n) is 8.29. The summed E-state index contributed by atoms with van der Waals surface area (Å²) in [4.78, 5) is 54.0. The van der Waals surface area contributed by atoms with E-state index in [2.05, 4.69) is 40.7 Å². The van der Waals surface area contributed by atoms with Crippen molar-refractivity contribution >= 4 is 44.8 Å². The first kappa shape index (κ1) is 41.5. The zero-order chi connectivity index (χ0) is 42.8. The minimum atomic E-state index is -4.13. The van der Waals surface area contributed by atoms with Crippen molar-refractivity contribution in [3.05, 3.63) is 60.0 Å². The van der Waals surface area contributed by atoms with Crippen LogP contribution >= 0.6 is 0 Å². The lowest BCUT2D eigenvalue weighted by Gasteiger charge is -2.35. The molecule has 3 N–H and O–H groups in total. The van der Waals surface area contributed by atoms with E-state index in [9.17, 15) is 31.6 Å². The Morgan fingerprint density at radius 1 is 1.03 bits per heavy atom. The van der Waals surface area contributed by atoms with Crippen LogP contribution in [0.25, 0.3) is 22.3 Å². The van der Waals surface area contributed by atoms with Gasteiger partial charge in [-0.15, -0.1) is 5.10 Å². The predicted octanol–water partition coefficient (Wildman–Crippen LogP) is 5.21. The zero-order valence-corrected chi connectivity index (χ0v) is 35.0. The highest BCUT2D eigenvalue weighted by molar-refractivity contribution is 7.91. The van der Waals surface area contributed by atoms with E-state index in [-0.39, 0.29) is 30.3 Å². The number of alkyl halides is 2. The van der Waals surface area contributed by atoms with Gasteiger partial charge in [0.25, 0.3) is 5.91 Å². The number of carbonyl (C=O) groups excluding carboxylic acids is 3. The molecule has 2 saturated carbocycles. The predicted molar refractivity (Wildman–Crippen MR) is 216 cm³/mol. The molecule has 2 aromatic heterocycles. The molecule has 3 fully saturated rings. The molecule has 4 heterocycles. The number of fused-ring (bicyclic) bond motifs is 9. The highest BCUT2D eigenvalue weighted by Gasteiger charge is 2.67. The Morgan fingerprint density at radius 3 is 2.45 bits per heavy atom. The maximum Gasteiger partial charge on any atom is 0.316 e. The monoisotopic (exact) mass is 848 g/mol. The van der Waals surface area contributed by atoms with Gasteiger partial charge in [0, 0.05) is 18.4 Å². The molecule has 320 valence electrons. The fourth-order valence-corrected chi connectivity index (χ4v) is 9.65. The molecule has 60 heavy (non-hydrogen) atoms. The van der Waals surface area contributed by atoms with E-state index < -0.39 is 80.9 Å². The second-order valence-corrected chi connectivity index (χ2v) is 20.4. The largest absolute Gasteiger partial charge is 0.471 e. The van der Waals surface area contributed by atoms with Crippen molar-refractivity contribution in [2.75, 3.05) is 11.9 Å². The molecule has 4 aromatic rings. The van der Waals surface area contributed by atoms with Gasteiger partial charge in [-0.2, -0.15) is 0 Å². The third-order valence-corrected chi connectivity index (χ3v) is 13.7. The Kier molecular flexibility index (Phi) is 10.6. The molecule has 3 amide bonds. The molecule has 4 aliphatic rings. The Labute approximate surface area is 346 Å². The van der Waals surface area contributed by atoms with E-state index in [1.54, 1.807) is 6.07 Å². The fraction of sp³-hybridized carbons (Fsp3) is 0.548. The minimum absolute atomic E-state index is 0.00891. The van der Waals surface area contributed by atoms with Crippen molar-refractivity contribution in [3.63, 3.8) is 0 Å². The molecule has 0 spiro atoms. The van der Waals surface area contributed by atoms with Crippen LogP contribution in [0.15, 0.2) is 52.9 Å². The molecule has 15 nitrogen and oxygen atoms in total. The summed E-state index contributed by atoms with van der Waals surface area (Å²) in [5.41, 5.74) is 0.261. The number of benzene rings is 2. The summed E-state index contributed by atoms with van der Waals surface area (Å²) in [5, 5.41) is 13.3. The average molecular weight is 849 g/mol.